The second-order valence-electron chi connectivity index (χ2n) is 4.72. The Balaban J connectivity index is 2.15. The molecule has 2 rings (SSSR count). The first-order valence-corrected chi connectivity index (χ1v) is 6.28. The zero-order valence-electron chi connectivity index (χ0n) is 11.0. The highest BCUT2D eigenvalue weighted by molar-refractivity contribution is 5.57. The van der Waals surface area contributed by atoms with E-state index in [9.17, 15) is 0 Å². The molecule has 100 valence electrons. The van der Waals surface area contributed by atoms with Crippen molar-refractivity contribution in [3.05, 3.63) is 11.9 Å². The molecular formula is C12H21N5O. The van der Waals surface area contributed by atoms with E-state index in [0.29, 0.717) is 11.7 Å². The van der Waals surface area contributed by atoms with E-state index in [1.807, 2.05) is 6.92 Å². The van der Waals surface area contributed by atoms with Gasteiger partial charge >= 0.3 is 0 Å². The van der Waals surface area contributed by atoms with Gasteiger partial charge in [0.05, 0.1) is 6.61 Å². The monoisotopic (exact) mass is 251 g/mol. The maximum absolute atomic E-state index is 5.45. The molecule has 1 aliphatic heterocycles. The number of nitrogen functional groups attached to an aromatic ring is 1. The minimum atomic E-state index is 0.576. The van der Waals surface area contributed by atoms with E-state index in [1.54, 1.807) is 13.4 Å². The summed E-state index contributed by atoms with van der Waals surface area (Å²) in [5, 5.41) is 0. The third-order valence-electron chi connectivity index (χ3n) is 3.42. The maximum atomic E-state index is 5.45. The number of ether oxygens (including phenoxy) is 1. The molecule has 0 aliphatic carbocycles. The maximum Gasteiger partial charge on any atom is 0.148 e. The van der Waals surface area contributed by atoms with E-state index >= 15 is 0 Å². The zero-order valence-corrected chi connectivity index (χ0v) is 11.0. The smallest absolute Gasteiger partial charge is 0.148 e. The van der Waals surface area contributed by atoms with Crippen LogP contribution in [-0.4, -0.2) is 36.8 Å². The van der Waals surface area contributed by atoms with Crippen LogP contribution in [-0.2, 0) is 4.74 Å². The Bertz CT molecular complexity index is 396. The van der Waals surface area contributed by atoms with Gasteiger partial charge in [-0.2, -0.15) is 0 Å². The SMILES string of the molecule is COCC1CCCN(c2ncnc(NN)c2C)C1. The number of piperidine rings is 1. The summed E-state index contributed by atoms with van der Waals surface area (Å²) in [7, 11) is 1.76. The number of aromatic nitrogens is 2. The lowest BCUT2D eigenvalue weighted by molar-refractivity contribution is 0.143. The number of anilines is 2. The highest BCUT2D eigenvalue weighted by atomic mass is 16.5. The molecule has 0 amide bonds. The number of hydrazine groups is 1. The predicted octanol–water partition coefficient (Wildman–Crippen LogP) is 0.933. The second kappa shape index (κ2) is 5.97. The van der Waals surface area contributed by atoms with Crippen LogP contribution in [0, 0.1) is 12.8 Å². The largest absolute Gasteiger partial charge is 0.384 e. The molecule has 0 aromatic carbocycles. The van der Waals surface area contributed by atoms with Crippen molar-refractivity contribution in [2.45, 2.75) is 19.8 Å². The van der Waals surface area contributed by atoms with Gasteiger partial charge in [-0.3, -0.25) is 0 Å². The molecule has 1 atom stereocenters. The zero-order chi connectivity index (χ0) is 13.0. The Morgan fingerprint density at radius 2 is 2.39 bits per heavy atom. The van der Waals surface area contributed by atoms with E-state index < -0.39 is 0 Å². The van der Waals surface area contributed by atoms with Crippen molar-refractivity contribution in [1.82, 2.24) is 9.97 Å². The molecule has 1 aromatic heterocycles. The van der Waals surface area contributed by atoms with E-state index in [1.165, 1.54) is 12.8 Å². The van der Waals surface area contributed by atoms with E-state index in [4.69, 9.17) is 10.6 Å². The van der Waals surface area contributed by atoms with E-state index in [2.05, 4.69) is 20.3 Å². The first-order valence-electron chi connectivity index (χ1n) is 6.28. The lowest BCUT2D eigenvalue weighted by atomic mass is 9.98. The molecule has 0 radical (unpaired) electrons. The van der Waals surface area contributed by atoms with Crippen molar-refractivity contribution >= 4 is 11.6 Å². The quantitative estimate of drug-likeness (QED) is 0.612. The molecule has 1 fully saturated rings. The van der Waals surface area contributed by atoms with Crippen LogP contribution in [0.2, 0.25) is 0 Å². The van der Waals surface area contributed by atoms with Gasteiger partial charge in [0.2, 0.25) is 0 Å². The lowest BCUT2D eigenvalue weighted by Gasteiger charge is -2.34. The highest BCUT2D eigenvalue weighted by Gasteiger charge is 2.22. The van der Waals surface area contributed by atoms with Crippen molar-refractivity contribution in [3.63, 3.8) is 0 Å². The second-order valence-corrected chi connectivity index (χ2v) is 4.72. The number of nitrogens with zero attached hydrogens (tertiary/aromatic N) is 3. The van der Waals surface area contributed by atoms with Crippen molar-refractivity contribution in [1.29, 1.82) is 0 Å². The molecule has 0 bridgehead atoms. The van der Waals surface area contributed by atoms with Crippen LogP contribution in [0.4, 0.5) is 11.6 Å². The van der Waals surface area contributed by atoms with Gasteiger partial charge in [0, 0.05) is 25.8 Å². The summed E-state index contributed by atoms with van der Waals surface area (Å²) in [5.74, 6) is 7.68. The minimum absolute atomic E-state index is 0.576. The lowest BCUT2D eigenvalue weighted by Crippen LogP contribution is -2.38. The summed E-state index contributed by atoms with van der Waals surface area (Å²) in [6.45, 7) is 4.81. The molecular weight excluding hydrogens is 230 g/mol. The molecule has 1 unspecified atom stereocenters. The molecule has 6 heteroatoms. The van der Waals surface area contributed by atoms with Crippen LogP contribution in [0.3, 0.4) is 0 Å². The number of methoxy groups -OCH3 is 1. The summed E-state index contributed by atoms with van der Waals surface area (Å²) in [6.07, 6.45) is 3.94. The van der Waals surface area contributed by atoms with Crippen LogP contribution < -0.4 is 16.2 Å². The highest BCUT2D eigenvalue weighted by Crippen LogP contribution is 2.26. The van der Waals surface area contributed by atoms with Gasteiger partial charge in [0.15, 0.2) is 0 Å². The molecule has 2 heterocycles. The average molecular weight is 251 g/mol. The Kier molecular flexibility index (Phi) is 4.33. The summed E-state index contributed by atoms with van der Waals surface area (Å²) in [4.78, 5) is 10.8. The molecule has 18 heavy (non-hydrogen) atoms. The van der Waals surface area contributed by atoms with Crippen LogP contribution >= 0.6 is 0 Å². The van der Waals surface area contributed by atoms with Crippen molar-refractivity contribution in [3.8, 4) is 0 Å². The van der Waals surface area contributed by atoms with Crippen LogP contribution in [0.15, 0.2) is 6.33 Å². The molecule has 1 aromatic rings. The van der Waals surface area contributed by atoms with Gasteiger partial charge in [-0.25, -0.2) is 15.8 Å². The summed E-state index contributed by atoms with van der Waals surface area (Å²) in [5.41, 5.74) is 3.61. The fraction of sp³-hybridized carbons (Fsp3) is 0.667. The summed E-state index contributed by atoms with van der Waals surface area (Å²) >= 11 is 0. The summed E-state index contributed by atoms with van der Waals surface area (Å²) < 4.78 is 5.25. The first-order chi connectivity index (χ1) is 8.76. The van der Waals surface area contributed by atoms with E-state index in [0.717, 1.165) is 31.1 Å². The van der Waals surface area contributed by atoms with Crippen LogP contribution in [0.1, 0.15) is 18.4 Å². The van der Waals surface area contributed by atoms with Crippen LogP contribution in [0.5, 0.6) is 0 Å². The molecule has 0 spiro atoms. The van der Waals surface area contributed by atoms with Gasteiger partial charge in [0.25, 0.3) is 0 Å². The third-order valence-corrected chi connectivity index (χ3v) is 3.42. The summed E-state index contributed by atoms with van der Waals surface area (Å²) in [6, 6.07) is 0. The number of rotatable bonds is 4. The number of hydrogen-bond donors (Lipinski definition) is 2. The Morgan fingerprint density at radius 3 is 3.11 bits per heavy atom. The fourth-order valence-corrected chi connectivity index (χ4v) is 2.53. The topological polar surface area (TPSA) is 76.3 Å². The third kappa shape index (κ3) is 2.70. The fourth-order valence-electron chi connectivity index (χ4n) is 2.53. The number of nitrogens with one attached hydrogen (secondary N) is 1. The van der Waals surface area contributed by atoms with Gasteiger partial charge in [-0.15, -0.1) is 0 Å². The number of hydrogen-bond acceptors (Lipinski definition) is 6. The average Bonchev–Trinajstić information content (AvgIpc) is 2.40. The van der Waals surface area contributed by atoms with Gasteiger partial charge in [-0.05, 0) is 25.7 Å². The van der Waals surface area contributed by atoms with Gasteiger partial charge in [-0.1, -0.05) is 0 Å². The van der Waals surface area contributed by atoms with Gasteiger partial charge < -0.3 is 15.1 Å². The standard InChI is InChI=1S/C12H21N5O/c1-9-11(16-13)14-8-15-12(9)17-5-3-4-10(6-17)7-18-2/h8,10H,3-7,13H2,1-2H3,(H,14,15,16). The first kappa shape index (κ1) is 13.0. The molecule has 1 saturated heterocycles. The Labute approximate surface area is 108 Å². The Hall–Kier alpha value is -1.40. The van der Waals surface area contributed by atoms with Gasteiger partial charge in [0.1, 0.15) is 18.0 Å². The van der Waals surface area contributed by atoms with Crippen LogP contribution in [0.25, 0.3) is 0 Å². The molecule has 0 saturated carbocycles. The Morgan fingerprint density at radius 1 is 1.56 bits per heavy atom. The van der Waals surface area contributed by atoms with Crippen molar-refractivity contribution < 1.29 is 4.74 Å². The minimum Gasteiger partial charge on any atom is -0.384 e. The molecule has 1 aliphatic rings. The molecule has 6 nitrogen and oxygen atoms in total. The van der Waals surface area contributed by atoms with Crippen molar-refractivity contribution in [2.75, 3.05) is 37.1 Å². The van der Waals surface area contributed by atoms with Crippen molar-refractivity contribution in [2.24, 2.45) is 11.8 Å². The normalized spacial score (nSPS) is 19.9. The predicted molar refractivity (Wildman–Crippen MR) is 71.4 cm³/mol. The molecule has 3 N–H and O–H groups in total. The van der Waals surface area contributed by atoms with E-state index in [-0.39, 0.29) is 0 Å². The number of nitrogens with two attached hydrogens (primary N) is 1.